The minimum atomic E-state index is -0.482. The molecule has 0 saturated carbocycles. The number of anilines is 1. The van der Waals surface area contributed by atoms with Crippen LogP contribution in [0.4, 0.5) is 5.69 Å². The predicted octanol–water partition coefficient (Wildman–Crippen LogP) is 5.15. The highest BCUT2D eigenvalue weighted by Crippen LogP contribution is 2.23. The lowest BCUT2D eigenvalue weighted by Crippen LogP contribution is -2.55. The first kappa shape index (κ1) is 27.0. The summed E-state index contributed by atoms with van der Waals surface area (Å²) in [6, 6.07) is 7.71. The second-order valence-corrected chi connectivity index (χ2v) is 11.1. The Labute approximate surface area is 190 Å². The number of rotatable bonds is 11. The molecule has 0 spiro atoms. The summed E-state index contributed by atoms with van der Waals surface area (Å²) in [5.74, 6) is 1.16. The molecule has 0 saturated heterocycles. The molecular formula is C26H45N3O2. The summed E-state index contributed by atoms with van der Waals surface area (Å²) in [7, 11) is 0. The molecule has 1 aromatic rings. The van der Waals surface area contributed by atoms with Crippen LogP contribution in [0.1, 0.15) is 68.7 Å². The number of ether oxygens (including phenoxy) is 1. The lowest BCUT2D eigenvalue weighted by Gasteiger charge is -2.35. The molecule has 0 fully saturated rings. The third-order valence-corrected chi connectivity index (χ3v) is 4.70. The van der Waals surface area contributed by atoms with Crippen molar-refractivity contribution in [1.82, 2.24) is 5.32 Å². The van der Waals surface area contributed by atoms with Crippen LogP contribution in [-0.4, -0.2) is 37.2 Å². The SMILES string of the molecule is CC(C)=CCN(CC(C)(C)NC(=O)[C@@H](N)CC(C)C)c1ccc(OCC(C)(C)C)cc1. The fourth-order valence-electron chi connectivity index (χ4n) is 3.16. The highest BCUT2D eigenvalue weighted by Gasteiger charge is 2.27. The molecule has 1 rings (SSSR count). The van der Waals surface area contributed by atoms with Crippen molar-refractivity contribution in [1.29, 1.82) is 0 Å². The Hall–Kier alpha value is -2.01. The number of nitrogens with two attached hydrogens (primary N) is 1. The first-order valence-corrected chi connectivity index (χ1v) is 11.4. The number of allylic oxidation sites excluding steroid dienone is 1. The number of nitrogens with zero attached hydrogens (tertiary/aromatic N) is 1. The first-order chi connectivity index (χ1) is 14.2. The van der Waals surface area contributed by atoms with Crippen LogP contribution >= 0.6 is 0 Å². The molecule has 0 unspecified atom stereocenters. The molecule has 0 aliphatic carbocycles. The molecular weight excluding hydrogens is 386 g/mol. The van der Waals surface area contributed by atoms with Gasteiger partial charge in [-0.2, -0.15) is 0 Å². The summed E-state index contributed by atoms with van der Waals surface area (Å²) < 4.78 is 5.91. The summed E-state index contributed by atoms with van der Waals surface area (Å²) in [6.45, 7) is 21.0. The summed E-state index contributed by atoms with van der Waals surface area (Å²) in [6.07, 6.45) is 2.88. The minimum absolute atomic E-state index is 0.0909. The standard InChI is InChI=1S/C26H45N3O2/c1-19(2)14-15-29(17-26(8,9)28-24(30)23(27)16-20(3)4)21-10-12-22(13-11-21)31-18-25(5,6)7/h10-14,20,23H,15-18,27H2,1-9H3,(H,28,30)/t23-/m0/s1. The van der Waals surface area contributed by atoms with Gasteiger partial charge in [0.1, 0.15) is 5.75 Å². The molecule has 0 bridgehead atoms. The fraction of sp³-hybridized carbons (Fsp3) is 0.654. The van der Waals surface area contributed by atoms with Gasteiger partial charge in [-0.05, 0) is 69.7 Å². The number of amides is 1. The van der Waals surface area contributed by atoms with E-state index in [2.05, 4.69) is 76.9 Å². The fourth-order valence-corrected chi connectivity index (χ4v) is 3.16. The van der Waals surface area contributed by atoms with E-state index in [9.17, 15) is 4.79 Å². The van der Waals surface area contributed by atoms with Gasteiger partial charge in [0.15, 0.2) is 0 Å². The van der Waals surface area contributed by atoms with Crippen LogP contribution in [0.15, 0.2) is 35.9 Å². The Morgan fingerprint density at radius 1 is 1.13 bits per heavy atom. The van der Waals surface area contributed by atoms with E-state index in [-0.39, 0.29) is 11.3 Å². The van der Waals surface area contributed by atoms with Crippen molar-refractivity contribution in [3.8, 4) is 5.75 Å². The first-order valence-electron chi connectivity index (χ1n) is 11.4. The average molecular weight is 432 g/mol. The topological polar surface area (TPSA) is 67.6 Å². The number of carbonyl (C=O) groups excluding carboxylic acids is 1. The Bertz CT molecular complexity index is 711. The van der Waals surface area contributed by atoms with E-state index in [0.29, 0.717) is 25.5 Å². The maximum atomic E-state index is 12.6. The third-order valence-electron chi connectivity index (χ3n) is 4.70. The Kier molecular flexibility index (Phi) is 10.1. The van der Waals surface area contributed by atoms with Crippen molar-refractivity contribution in [3.63, 3.8) is 0 Å². The van der Waals surface area contributed by atoms with Crippen molar-refractivity contribution in [3.05, 3.63) is 35.9 Å². The van der Waals surface area contributed by atoms with Crippen LogP contribution in [0.25, 0.3) is 0 Å². The van der Waals surface area contributed by atoms with Crippen molar-refractivity contribution in [2.75, 3.05) is 24.6 Å². The van der Waals surface area contributed by atoms with Gasteiger partial charge in [0, 0.05) is 18.8 Å². The molecule has 1 amide bonds. The largest absolute Gasteiger partial charge is 0.493 e. The zero-order valence-corrected chi connectivity index (χ0v) is 21.2. The molecule has 0 aromatic heterocycles. The predicted molar refractivity (Wildman–Crippen MR) is 133 cm³/mol. The number of benzene rings is 1. The second-order valence-electron chi connectivity index (χ2n) is 11.1. The maximum absolute atomic E-state index is 12.6. The second kappa shape index (κ2) is 11.6. The Balaban J connectivity index is 2.93. The monoisotopic (exact) mass is 431 g/mol. The lowest BCUT2D eigenvalue weighted by atomic mass is 9.99. The van der Waals surface area contributed by atoms with E-state index in [1.807, 2.05) is 26.0 Å². The zero-order chi connectivity index (χ0) is 23.8. The molecule has 31 heavy (non-hydrogen) atoms. The van der Waals surface area contributed by atoms with Gasteiger partial charge in [-0.15, -0.1) is 0 Å². The van der Waals surface area contributed by atoms with Gasteiger partial charge >= 0.3 is 0 Å². The zero-order valence-electron chi connectivity index (χ0n) is 21.2. The van der Waals surface area contributed by atoms with Crippen LogP contribution in [0.5, 0.6) is 5.75 Å². The number of nitrogens with one attached hydrogen (secondary N) is 1. The molecule has 3 N–H and O–H groups in total. The Morgan fingerprint density at radius 3 is 2.19 bits per heavy atom. The van der Waals surface area contributed by atoms with E-state index in [0.717, 1.165) is 18.0 Å². The summed E-state index contributed by atoms with van der Waals surface area (Å²) in [5, 5.41) is 3.15. The van der Waals surface area contributed by atoms with Crippen molar-refractivity contribution in [2.45, 2.75) is 80.3 Å². The molecule has 1 atom stereocenters. The lowest BCUT2D eigenvalue weighted by molar-refractivity contribution is -0.124. The number of carbonyl (C=O) groups is 1. The third kappa shape index (κ3) is 11.3. The van der Waals surface area contributed by atoms with Crippen LogP contribution in [0, 0.1) is 11.3 Å². The van der Waals surface area contributed by atoms with Crippen molar-refractivity contribution < 1.29 is 9.53 Å². The number of hydrogen-bond donors (Lipinski definition) is 2. The quantitative estimate of drug-likeness (QED) is 0.475. The van der Waals surface area contributed by atoms with E-state index >= 15 is 0 Å². The van der Waals surface area contributed by atoms with Gasteiger partial charge in [0.25, 0.3) is 0 Å². The summed E-state index contributed by atoms with van der Waals surface area (Å²) in [5.41, 5.74) is 8.13. The molecule has 0 aliphatic heterocycles. The van der Waals surface area contributed by atoms with Gasteiger partial charge in [-0.3, -0.25) is 4.79 Å². The van der Waals surface area contributed by atoms with Crippen molar-refractivity contribution >= 4 is 11.6 Å². The maximum Gasteiger partial charge on any atom is 0.237 e. The minimum Gasteiger partial charge on any atom is -0.493 e. The number of hydrogen-bond acceptors (Lipinski definition) is 4. The molecule has 0 aliphatic rings. The van der Waals surface area contributed by atoms with E-state index in [4.69, 9.17) is 10.5 Å². The smallest absolute Gasteiger partial charge is 0.237 e. The molecule has 5 heteroatoms. The summed E-state index contributed by atoms with van der Waals surface area (Å²) in [4.78, 5) is 14.9. The highest BCUT2D eigenvalue weighted by molar-refractivity contribution is 5.82. The normalized spacial score (nSPS) is 13.0. The molecule has 5 nitrogen and oxygen atoms in total. The Morgan fingerprint density at radius 2 is 1.71 bits per heavy atom. The van der Waals surface area contributed by atoms with Gasteiger partial charge in [0.05, 0.1) is 18.2 Å². The van der Waals surface area contributed by atoms with E-state index in [1.165, 1.54) is 5.57 Å². The molecule has 0 radical (unpaired) electrons. The molecule has 176 valence electrons. The van der Waals surface area contributed by atoms with Gasteiger partial charge in [-0.1, -0.05) is 46.3 Å². The van der Waals surface area contributed by atoms with Crippen LogP contribution in [0.3, 0.4) is 0 Å². The van der Waals surface area contributed by atoms with Gasteiger partial charge in [-0.25, -0.2) is 0 Å². The summed E-state index contributed by atoms with van der Waals surface area (Å²) >= 11 is 0. The average Bonchev–Trinajstić information content (AvgIpc) is 2.62. The molecule has 0 heterocycles. The van der Waals surface area contributed by atoms with Gasteiger partial charge in [0.2, 0.25) is 5.91 Å². The van der Waals surface area contributed by atoms with Gasteiger partial charge < -0.3 is 20.7 Å². The van der Waals surface area contributed by atoms with E-state index < -0.39 is 11.6 Å². The van der Waals surface area contributed by atoms with Crippen LogP contribution in [-0.2, 0) is 4.79 Å². The van der Waals surface area contributed by atoms with E-state index in [1.54, 1.807) is 0 Å². The van der Waals surface area contributed by atoms with Crippen LogP contribution < -0.4 is 20.7 Å². The van der Waals surface area contributed by atoms with Crippen LogP contribution in [0.2, 0.25) is 0 Å². The highest BCUT2D eigenvalue weighted by atomic mass is 16.5. The molecule has 1 aromatic carbocycles. The van der Waals surface area contributed by atoms with Crippen molar-refractivity contribution in [2.24, 2.45) is 17.1 Å².